The van der Waals surface area contributed by atoms with Gasteiger partial charge in [-0.15, -0.1) is 0 Å². The molecule has 0 spiro atoms. The molecule has 2 amide bonds. The summed E-state index contributed by atoms with van der Waals surface area (Å²) >= 11 is 0. The first-order valence-electron chi connectivity index (χ1n) is 7.34. The predicted molar refractivity (Wildman–Crippen MR) is 79.4 cm³/mol. The number of carbonyl (C=O) groups excluding carboxylic acids is 2. The van der Waals surface area contributed by atoms with E-state index in [-0.39, 0.29) is 18.2 Å². The summed E-state index contributed by atoms with van der Waals surface area (Å²) in [4.78, 5) is 31.8. The van der Waals surface area contributed by atoms with E-state index in [1.165, 1.54) is 0 Å². The van der Waals surface area contributed by atoms with Gasteiger partial charge in [-0.05, 0) is 24.2 Å². The minimum absolute atomic E-state index is 0.0722. The molecule has 21 heavy (non-hydrogen) atoms. The number of hydrogen-bond donors (Lipinski definition) is 1. The Labute approximate surface area is 125 Å². The number of carbonyl (C=O) groups is 2. The maximum absolute atomic E-state index is 12.1. The Hall–Kier alpha value is -1.95. The smallest absolute Gasteiger partial charge is 0.232 e. The highest BCUT2D eigenvalue weighted by Gasteiger charge is 2.21. The van der Waals surface area contributed by atoms with Crippen LogP contribution in [-0.2, 0) is 16.1 Å². The summed E-state index contributed by atoms with van der Waals surface area (Å²) in [5.74, 6) is -0.312. The van der Waals surface area contributed by atoms with Crippen molar-refractivity contribution in [3.63, 3.8) is 0 Å². The summed E-state index contributed by atoms with van der Waals surface area (Å²) in [5, 5.41) is 2.76. The van der Waals surface area contributed by atoms with E-state index in [0.29, 0.717) is 19.6 Å². The molecule has 1 aliphatic heterocycles. The van der Waals surface area contributed by atoms with Crippen LogP contribution in [0.3, 0.4) is 0 Å². The maximum Gasteiger partial charge on any atom is 0.232 e. The van der Waals surface area contributed by atoms with Gasteiger partial charge in [0.25, 0.3) is 0 Å². The molecule has 1 aromatic rings. The largest absolute Gasteiger partial charge is 0.352 e. The minimum Gasteiger partial charge on any atom is -0.352 e. The van der Waals surface area contributed by atoms with Gasteiger partial charge in [-0.1, -0.05) is 6.92 Å². The Balaban J connectivity index is 1.71. The third-order valence-electron chi connectivity index (χ3n) is 3.72. The zero-order valence-electron chi connectivity index (χ0n) is 12.4. The van der Waals surface area contributed by atoms with Crippen LogP contribution in [0.15, 0.2) is 24.5 Å². The van der Waals surface area contributed by atoms with Crippen LogP contribution in [0, 0.1) is 0 Å². The average molecular weight is 290 g/mol. The van der Waals surface area contributed by atoms with Gasteiger partial charge in [0.1, 0.15) is 6.42 Å². The first-order valence-corrected chi connectivity index (χ1v) is 7.34. The van der Waals surface area contributed by atoms with E-state index in [1.807, 2.05) is 12.1 Å². The molecule has 0 unspecified atom stereocenters. The van der Waals surface area contributed by atoms with Gasteiger partial charge in [0.15, 0.2) is 0 Å². The molecule has 114 valence electrons. The number of nitrogens with one attached hydrogen (secondary N) is 1. The standard InChI is InChI=1S/C15H22N4O2/c1-2-18-7-9-19(10-8-18)15(21)11-14(20)17-12-13-3-5-16-6-4-13/h3-6H,2,7-12H2,1H3,(H,17,20). The molecular weight excluding hydrogens is 268 g/mol. The Morgan fingerprint density at radius 3 is 2.48 bits per heavy atom. The van der Waals surface area contributed by atoms with Crippen LogP contribution in [0.1, 0.15) is 18.9 Å². The summed E-state index contributed by atoms with van der Waals surface area (Å²) in [5.41, 5.74) is 0.974. The Morgan fingerprint density at radius 1 is 1.19 bits per heavy atom. The number of likely N-dealkylation sites (N-methyl/N-ethyl adjacent to an activating group) is 1. The molecule has 2 heterocycles. The van der Waals surface area contributed by atoms with Crippen molar-refractivity contribution in [2.24, 2.45) is 0 Å². The van der Waals surface area contributed by atoms with Crippen molar-refractivity contribution in [1.82, 2.24) is 20.1 Å². The summed E-state index contributed by atoms with van der Waals surface area (Å²) in [6, 6.07) is 3.68. The maximum atomic E-state index is 12.1. The number of pyridine rings is 1. The third kappa shape index (κ3) is 4.82. The van der Waals surface area contributed by atoms with E-state index in [4.69, 9.17) is 0 Å². The SMILES string of the molecule is CCN1CCN(C(=O)CC(=O)NCc2ccncc2)CC1. The zero-order valence-corrected chi connectivity index (χ0v) is 12.4. The van der Waals surface area contributed by atoms with Gasteiger partial charge >= 0.3 is 0 Å². The van der Waals surface area contributed by atoms with E-state index in [1.54, 1.807) is 17.3 Å². The van der Waals surface area contributed by atoms with Crippen molar-refractivity contribution < 1.29 is 9.59 Å². The molecule has 1 aromatic heterocycles. The van der Waals surface area contributed by atoms with Crippen LogP contribution in [0.25, 0.3) is 0 Å². The van der Waals surface area contributed by atoms with Gasteiger partial charge in [0.05, 0.1) is 0 Å². The van der Waals surface area contributed by atoms with Gasteiger partial charge in [-0.3, -0.25) is 14.6 Å². The van der Waals surface area contributed by atoms with Gasteiger partial charge in [-0.2, -0.15) is 0 Å². The number of nitrogens with zero attached hydrogens (tertiary/aromatic N) is 3. The van der Waals surface area contributed by atoms with Crippen LogP contribution in [0.2, 0.25) is 0 Å². The fraction of sp³-hybridized carbons (Fsp3) is 0.533. The summed E-state index contributed by atoms with van der Waals surface area (Å²) in [6.07, 6.45) is 3.29. The second-order valence-corrected chi connectivity index (χ2v) is 5.12. The fourth-order valence-electron chi connectivity index (χ4n) is 2.33. The first-order chi connectivity index (χ1) is 10.2. The third-order valence-corrected chi connectivity index (χ3v) is 3.72. The number of piperazine rings is 1. The lowest BCUT2D eigenvalue weighted by molar-refractivity contribution is -0.137. The normalized spacial score (nSPS) is 15.8. The summed E-state index contributed by atoms with van der Waals surface area (Å²) in [6.45, 7) is 6.76. The van der Waals surface area contributed by atoms with E-state index >= 15 is 0 Å². The topological polar surface area (TPSA) is 65.5 Å². The van der Waals surface area contributed by atoms with Crippen LogP contribution < -0.4 is 5.32 Å². The van der Waals surface area contributed by atoms with Crippen LogP contribution in [0.4, 0.5) is 0 Å². The molecule has 2 rings (SSSR count). The number of rotatable bonds is 5. The highest BCUT2D eigenvalue weighted by atomic mass is 16.2. The quantitative estimate of drug-likeness (QED) is 0.790. The molecule has 1 fully saturated rings. The lowest BCUT2D eigenvalue weighted by Crippen LogP contribution is -2.49. The number of hydrogen-bond acceptors (Lipinski definition) is 4. The number of amides is 2. The predicted octanol–water partition coefficient (Wildman–Crippen LogP) is 0.252. The molecule has 1 N–H and O–H groups in total. The fourth-order valence-corrected chi connectivity index (χ4v) is 2.33. The molecular formula is C15H22N4O2. The van der Waals surface area contributed by atoms with Crippen LogP contribution in [-0.4, -0.2) is 59.3 Å². The molecule has 0 atom stereocenters. The Morgan fingerprint density at radius 2 is 1.86 bits per heavy atom. The second kappa shape index (κ2) is 7.73. The molecule has 0 radical (unpaired) electrons. The van der Waals surface area contributed by atoms with Crippen LogP contribution >= 0.6 is 0 Å². The van der Waals surface area contributed by atoms with E-state index in [0.717, 1.165) is 25.2 Å². The highest BCUT2D eigenvalue weighted by Crippen LogP contribution is 2.03. The van der Waals surface area contributed by atoms with Crippen molar-refractivity contribution in [1.29, 1.82) is 0 Å². The van der Waals surface area contributed by atoms with Crippen molar-refractivity contribution in [3.05, 3.63) is 30.1 Å². The van der Waals surface area contributed by atoms with Gasteiger partial charge in [0, 0.05) is 45.1 Å². The Bertz CT molecular complexity index is 470. The molecule has 0 aliphatic carbocycles. The molecule has 6 heteroatoms. The average Bonchev–Trinajstić information content (AvgIpc) is 2.54. The van der Waals surface area contributed by atoms with Crippen molar-refractivity contribution in [2.75, 3.05) is 32.7 Å². The minimum atomic E-state index is -0.227. The highest BCUT2D eigenvalue weighted by molar-refractivity contribution is 5.96. The van der Waals surface area contributed by atoms with E-state index in [2.05, 4.69) is 22.1 Å². The summed E-state index contributed by atoms with van der Waals surface area (Å²) in [7, 11) is 0. The van der Waals surface area contributed by atoms with Gasteiger partial charge < -0.3 is 15.1 Å². The van der Waals surface area contributed by atoms with Gasteiger partial charge in [-0.25, -0.2) is 0 Å². The number of aromatic nitrogens is 1. The molecule has 1 aliphatic rings. The van der Waals surface area contributed by atoms with Gasteiger partial charge in [0.2, 0.25) is 11.8 Å². The van der Waals surface area contributed by atoms with Crippen molar-refractivity contribution in [2.45, 2.75) is 19.9 Å². The molecule has 6 nitrogen and oxygen atoms in total. The zero-order chi connectivity index (χ0) is 15.1. The van der Waals surface area contributed by atoms with E-state index < -0.39 is 0 Å². The molecule has 1 saturated heterocycles. The van der Waals surface area contributed by atoms with Crippen molar-refractivity contribution >= 4 is 11.8 Å². The second-order valence-electron chi connectivity index (χ2n) is 5.12. The van der Waals surface area contributed by atoms with Crippen molar-refractivity contribution in [3.8, 4) is 0 Å². The molecule has 0 aromatic carbocycles. The first kappa shape index (κ1) is 15.4. The summed E-state index contributed by atoms with van der Waals surface area (Å²) < 4.78 is 0. The van der Waals surface area contributed by atoms with E-state index in [9.17, 15) is 9.59 Å². The monoisotopic (exact) mass is 290 g/mol. The Kier molecular flexibility index (Phi) is 5.68. The lowest BCUT2D eigenvalue weighted by Gasteiger charge is -2.33. The molecule has 0 bridgehead atoms. The van der Waals surface area contributed by atoms with Crippen LogP contribution in [0.5, 0.6) is 0 Å². The lowest BCUT2D eigenvalue weighted by atomic mass is 10.2. The molecule has 0 saturated carbocycles.